The lowest BCUT2D eigenvalue weighted by molar-refractivity contribution is 0.0778. The van der Waals surface area contributed by atoms with Gasteiger partial charge in [0.05, 0.1) is 5.60 Å². The van der Waals surface area contributed by atoms with Crippen molar-refractivity contribution in [3.05, 3.63) is 28.8 Å². The van der Waals surface area contributed by atoms with E-state index in [4.69, 9.17) is 0 Å². The third kappa shape index (κ3) is 2.51. The first-order valence-corrected chi connectivity index (χ1v) is 5.30. The number of aliphatic hydroxyl groups is 1. The van der Waals surface area contributed by atoms with Crippen LogP contribution in [0.1, 0.15) is 50.3 Å². The molecule has 0 radical (unpaired) electrons. The van der Waals surface area contributed by atoms with Crippen LogP contribution in [-0.2, 0) is 5.60 Å². The lowest BCUT2D eigenvalue weighted by atomic mass is 9.89. The van der Waals surface area contributed by atoms with Crippen LogP contribution in [0.3, 0.4) is 0 Å². The molecule has 0 heterocycles. The third-order valence-electron chi connectivity index (χ3n) is 2.65. The number of aryl methyl sites for hydroxylation is 1. The molecule has 1 aromatic carbocycles. The lowest BCUT2D eigenvalue weighted by Gasteiger charge is -2.22. The topological polar surface area (TPSA) is 40.5 Å². The van der Waals surface area contributed by atoms with Gasteiger partial charge in [-0.1, -0.05) is 13.8 Å². The predicted molar refractivity (Wildman–Crippen MR) is 62.2 cm³/mol. The average molecular weight is 208 g/mol. The summed E-state index contributed by atoms with van der Waals surface area (Å²) in [6.07, 6.45) is 0. The van der Waals surface area contributed by atoms with E-state index in [0.717, 1.165) is 16.7 Å². The fourth-order valence-electron chi connectivity index (χ4n) is 1.83. The van der Waals surface area contributed by atoms with Gasteiger partial charge in [-0.2, -0.15) is 0 Å². The van der Waals surface area contributed by atoms with Gasteiger partial charge in [0, 0.05) is 0 Å². The minimum atomic E-state index is -0.860. The van der Waals surface area contributed by atoms with E-state index < -0.39 is 5.60 Å². The van der Waals surface area contributed by atoms with Crippen LogP contribution in [0.2, 0.25) is 0 Å². The van der Waals surface area contributed by atoms with Crippen molar-refractivity contribution in [1.29, 1.82) is 0 Å². The number of benzene rings is 1. The Morgan fingerprint density at radius 1 is 1.20 bits per heavy atom. The molecule has 0 aromatic heterocycles. The van der Waals surface area contributed by atoms with Gasteiger partial charge in [0.25, 0.3) is 0 Å². The molecule has 2 nitrogen and oxygen atoms in total. The zero-order chi connectivity index (χ0) is 11.8. The fourth-order valence-corrected chi connectivity index (χ4v) is 1.83. The molecule has 2 N–H and O–H groups in total. The standard InChI is InChI=1S/C13H20O2/c1-8(2)10-7-11(13(4,5)15)9(3)6-12(10)14/h6-8,14-15H,1-5H3. The van der Waals surface area contributed by atoms with E-state index in [1.165, 1.54) is 0 Å². The number of aromatic hydroxyl groups is 1. The molecule has 2 heteroatoms. The van der Waals surface area contributed by atoms with Crippen LogP contribution in [-0.4, -0.2) is 10.2 Å². The van der Waals surface area contributed by atoms with Gasteiger partial charge in [0.2, 0.25) is 0 Å². The highest BCUT2D eigenvalue weighted by atomic mass is 16.3. The van der Waals surface area contributed by atoms with E-state index in [2.05, 4.69) is 0 Å². The van der Waals surface area contributed by atoms with Gasteiger partial charge in [-0.15, -0.1) is 0 Å². The summed E-state index contributed by atoms with van der Waals surface area (Å²) in [5.41, 5.74) is 1.83. The highest BCUT2D eigenvalue weighted by Gasteiger charge is 2.21. The van der Waals surface area contributed by atoms with Crippen LogP contribution in [0, 0.1) is 6.92 Å². The van der Waals surface area contributed by atoms with Gasteiger partial charge >= 0.3 is 0 Å². The molecule has 0 spiro atoms. The molecule has 0 bridgehead atoms. The molecule has 84 valence electrons. The molecular weight excluding hydrogens is 188 g/mol. The Hall–Kier alpha value is -1.02. The molecule has 0 saturated heterocycles. The molecule has 0 aliphatic heterocycles. The van der Waals surface area contributed by atoms with Gasteiger partial charge < -0.3 is 10.2 Å². The first-order valence-electron chi connectivity index (χ1n) is 5.30. The summed E-state index contributed by atoms with van der Waals surface area (Å²) in [5.74, 6) is 0.571. The van der Waals surface area contributed by atoms with E-state index in [1.54, 1.807) is 19.9 Å². The predicted octanol–water partition coefficient (Wildman–Crippen LogP) is 3.05. The second-order valence-electron chi connectivity index (χ2n) is 4.94. The summed E-state index contributed by atoms with van der Waals surface area (Å²) in [7, 11) is 0. The average Bonchev–Trinajstić information content (AvgIpc) is 2.00. The molecule has 0 aliphatic carbocycles. The van der Waals surface area contributed by atoms with Crippen molar-refractivity contribution in [1.82, 2.24) is 0 Å². The quantitative estimate of drug-likeness (QED) is 0.784. The number of phenols is 1. The van der Waals surface area contributed by atoms with Crippen LogP contribution in [0.5, 0.6) is 5.75 Å². The highest BCUT2D eigenvalue weighted by molar-refractivity contribution is 5.44. The number of rotatable bonds is 2. The van der Waals surface area contributed by atoms with E-state index in [9.17, 15) is 10.2 Å². The van der Waals surface area contributed by atoms with Gasteiger partial charge in [-0.3, -0.25) is 0 Å². The van der Waals surface area contributed by atoms with E-state index in [0.29, 0.717) is 5.75 Å². The Morgan fingerprint density at radius 2 is 1.73 bits per heavy atom. The lowest BCUT2D eigenvalue weighted by Crippen LogP contribution is -2.17. The maximum absolute atomic E-state index is 9.99. The molecule has 0 fully saturated rings. The smallest absolute Gasteiger partial charge is 0.119 e. The Kier molecular flexibility index (Phi) is 3.10. The summed E-state index contributed by atoms with van der Waals surface area (Å²) < 4.78 is 0. The Labute approximate surface area is 91.6 Å². The zero-order valence-electron chi connectivity index (χ0n) is 10.1. The van der Waals surface area contributed by atoms with Crippen LogP contribution in [0.15, 0.2) is 12.1 Å². The van der Waals surface area contributed by atoms with Crippen LogP contribution in [0.25, 0.3) is 0 Å². The Bertz CT molecular complexity index is 360. The number of hydrogen-bond acceptors (Lipinski definition) is 2. The van der Waals surface area contributed by atoms with Crippen molar-refractivity contribution in [3.63, 3.8) is 0 Å². The third-order valence-corrected chi connectivity index (χ3v) is 2.65. The maximum Gasteiger partial charge on any atom is 0.119 e. The van der Waals surface area contributed by atoms with Gasteiger partial charge in [-0.25, -0.2) is 0 Å². The largest absolute Gasteiger partial charge is 0.508 e. The first kappa shape index (κ1) is 12.1. The van der Waals surface area contributed by atoms with Crippen molar-refractivity contribution in [2.45, 2.75) is 46.1 Å². The SMILES string of the molecule is Cc1cc(O)c(C(C)C)cc1C(C)(C)O. The van der Waals surface area contributed by atoms with Crippen molar-refractivity contribution in [3.8, 4) is 5.75 Å². The summed E-state index contributed by atoms with van der Waals surface area (Å²) in [4.78, 5) is 0. The Morgan fingerprint density at radius 3 is 2.13 bits per heavy atom. The highest BCUT2D eigenvalue weighted by Crippen LogP contribution is 2.33. The summed E-state index contributed by atoms with van der Waals surface area (Å²) in [6.45, 7) is 9.47. The Balaban J connectivity index is 3.37. The summed E-state index contributed by atoms with van der Waals surface area (Å²) in [6, 6.07) is 3.62. The number of phenolic OH excluding ortho intramolecular Hbond substituents is 1. The minimum absolute atomic E-state index is 0.256. The molecule has 0 saturated carbocycles. The van der Waals surface area contributed by atoms with Crippen LogP contribution >= 0.6 is 0 Å². The van der Waals surface area contributed by atoms with Crippen molar-refractivity contribution in [2.24, 2.45) is 0 Å². The second-order valence-corrected chi connectivity index (χ2v) is 4.94. The summed E-state index contributed by atoms with van der Waals surface area (Å²) in [5, 5.41) is 19.8. The van der Waals surface area contributed by atoms with E-state index >= 15 is 0 Å². The molecule has 1 aromatic rings. The fraction of sp³-hybridized carbons (Fsp3) is 0.538. The number of hydrogen-bond donors (Lipinski definition) is 2. The summed E-state index contributed by atoms with van der Waals surface area (Å²) >= 11 is 0. The van der Waals surface area contributed by atoms with E-state index in [1.807, 2.05) is 26.8 Å². The molecule has 1 rings (SSSR count). The molecule has 0 atom stereocenters. The molecular formula is C13H20O2. The molecule has 0 amide bonds. The molecule has 0 aliphatic rings. The van der Waals surface area contributed by atoms with Crippen molar-refractivity contribution < 1.29 is 10.2 Å². The zero-order valence-corrected chi connectivity index (χ0v) is 10.1. The minimum Gasteiger partial charge on any atom is -0.508 e. The maximum atomic E-state index is 9.99. The van der Waals surface area contributed by atoms with Crippen LogP contribution in [0.4, 0.5) is 0 Å². The van der Waals surface area contributed by atoms with Gasteiger partial charge in [0.15, 0.2) is 0 Å². The second kappa shape index (κ2) is 3.86. The normalized spacial score (nSPS) is 12.2. The molecule has 0 unspecified atom stereocenters. The van der Waals surface area contributed by atoms with Gasteiger partial charge in [0.1, 0.15) is 5.75 Å². The first-order chi connectivity index (χ1) is 6.73. The van der Waals surface area contributed by atoms with Crippen LogP contribution < -0.4 is 0 Å². The van der Waals surface area contributed by atoms with Crippen molar-refractivity contribution >= 4 is 0 Å². The molecule has 15 heavy (non-hydrogen) atoms. The van der Waals surface area contributed by atoms with Gasteiger partial charge in [-0.05, 0) is 55.5 Å². The monoisotopic (exact) mass is 208 g/mol. The van der Waals surface area contributed by atoms with E-state index in [-0.39, 0.29) is 5.92 Å². The van der Waals surface area contributed by atoms with Crippen molar-refractivity contribution in [2.75, 3.05) is 0 Å².